The minimum Gasteiger partial charge on any atom is -0.497 e. The summed E-state index contributed by atoms with van der Waals surface area (Å²) in [6.45, 7) is 2.60. The molecule has 1 aliphatic heterocycles. The lowest BCUT2D eigenvalue weighted by Crippen LogP contribution is -2.44. The highest BCUT2D eigenvalue weighted by Crippen LogP contribution is 2.30. The van der Waals surface area contributed by atoms with E-state index in [0.717, 1.165) is 67.6 Å². The molecule has 2 atom stereocenters. The van der Waals surface area contributed by atoms with E-state index in [-0.39, 0.29) is 11.8 Å². The normalized spacial score (nSPS) is 18.7. The average molecular weight is 480 g/mol. The van der Waals surface area contributed by atoms with Gasteiger partial charge in [-0.3, -0.25) is 14.8 Å². The number of fused-ring (bicyclic) bond motifs is 1. The van der Waals surface area contributed by atoms with Gasteiger partial charge in [-0.05, 0) is 98.8 Å². The van der Waals surface area contributed by atoms with Crippen molar-refractivity contribution in [3.05, 3.63) is 60.6 Å². The minimum absolute atomic E-state index is 0.237. The van der Waals surface area contributed by atoms with E-state index in [1.807, 2.05) is 48.4 Å². The third-order valence-corrected chi connectivity index (χ3v) is 7.81. The third kappa shape index (κ3) is 6.48. The standard InChI is InChI=1S/C27H33N3O3S/c1-33-22-8-9-26-24(17-22)20(10-13-29-26)5-2-6-21-11-15-30(19-25(21)27(31)32)14-4-16-34-23-7-3-12-28-18-23/h3,7-10,12-13,17-18,21,25H,2,4-6,11,14-16,19H2,1H3,(H,31,32)/t21-,25+/m1/s1. The Balaban J connectivity index is 1.26. The molecule has 0 unspecified atom stereocenters. The average Bonchev–Trinajstić information content (AvgIpc) is 2.87. The lowest BCUT2D eigenvalue weighted by Gasteiger charge is -2.36. The van der Waals surface area contributed by atoms with Crippen LogP contribution in [0, 0.1) is 11.8 Å². The predicted molar refractivity (Wildman–Crippen MR) is 136 cm³/mol. The Morgan fingerprint density at radius 1 is 1.24 bits per heavy atom. The molecule has 1 saturated heterocycles. The lowest BCUT2D eigenvalue weighted by atomic mass is 9.81. The molecule has 6 nitrogen and oxygen atoms in total. The molecule has 1 fully saturated rings. The first-order valence-corrected chi connectivity index (χ1v) is 13.0. The highest BCUT2D eigenvalue weighted by atomic mass is 32.2. The highest BCUT2D eigenvalue weighted by Gasteiger charge is 2.33. The number of carbonyl (C=O) groups is 1. The van der Waals surface area contributed by atoms with Crippen LogP contribution >= 0.6 is 11.8 Å². The van der Waals surface area contributed by atoms with Gasteiger partial charge in [0.1, 0.15) is 5.75 Å². The summed E-state index contributed by atoms with van der Waals surface area (Å²) in [6, 6.07) is 12.1. The summed E-state index contributed by atoms with van der Waals surface area (Å²) in [7, 11) is 1.68. The summed E-state index contributed by atoms with van der Waals surface area (Å²) in [4.78, 5) is 24.2. The maximum Gasteiger partial charge on any atom is 0.308 e. The maximum absolute atomic E-state index is 12.0. The van der Waals surface area contributed by atoms with Crippen LogP contribution < -0.4 is 4.74 Å². The maximum atomic E-state index is 12.0. The van der Waals surface area contributed by atoms with E-state index in [2.05, 4.69) is 27.0 Å². The van der Waals surface area contributed by atoms with Crippen molar-refractivity contribution >= 4 is 28.6 Å². The van der Waals surface area contributed by atoms with Gasteiger partial charge < -0.3 is 14.7 Å². The van der Waals surface area contributed by atoms with Crippen LogP contribution in [-0.2, 0) is 11.2 Å². The SMILES string of the molecule is COc1ccc2nccc(CCC[C@@H]3CCN(CCCSc4cccnc4)C[C@@H]3C(=O)O)c2c1. The molecule has 0 saturated carbocycles. The summed E-state index contributed by atoms with van der Waals surface area (Å²) in [5.74, 6) is 1.15. The first kappa shape index (κ1) is 24.5. The van der Waals surface area contributed by atoms with Crippen molar-refractivity contribution in [3.63, 3.8) is 0 Å². The van der Waals surface area contributed by atoms with Gasteiger partial charge in [0.05, 0.1) is 18.5 Å². The summed E-state index contributed by atoms with van der Waals surface area (Å²) >= 11 is 1.81. The van der Waals surface area contributed by atoms with Crippen molar-refractivity contribution in [2.75, 3.05) is 32.5 Å². The Kier molecular flexibility index (Phi) is 8.77. The fourth-order valence-electron chi connectivity index (χ4n) is 4.89. The molecule has 0 aliphatic carbocycles. The summed E-state index contributed by atoms with van der Waals surface area (Å²) < 4.78 is 5.38. The van der Waals surface area contributed by atoms with Crippen molar-refractivity contribution in [1.29, 1.82) is 0 Å². The Labute approximate surface area is 205 Å². The van der Waals surface area contributed by atoms with Gasteiger partial charge in [0.2, 0.25) is 0 Å². The van der Waals surface area contributed by atoms with Crippen LogP contribution in [0.4, 0.5) is 0 Å². The van der Waals surface area contributed by atoms with E-state index in [9.17, 15) is 9.90 Å². The largest absolute Gasteiger partial charge is 0.497 e. The Morgan fingerprint density at radius 2 is 2.15 bits per heavy atom. The summed E-state index contributed by atoms with van der Waals surface area (Å²) in [5.41, 5.74) is 2.22. The van der Waals surface area contributed by atoms with Crippen LogP contribution in [-0.4, -0.2) is 58.4 Å². The van der Waals surface area contributed by atoms with Crippen molar-refractivity contribution < 1.29 is 14.6 Å². The van der Waals surface area contributed by atoms with E-state index >= 15 is 0 Å². The van der Waals surface area contributed by atoms with Gasteiger partial charge in [-0.25, -0.2) is 0 Å². The number of rotatable bonds is 11. The van der Waals surface area contributed by atoms with Gasteiger partial charge in [-0.15, -0.1) is 11.8 Å². The fourth-order valence-corrected chi connectivity index (χ4v) is 5.71. The molecule has 4 rings (SSSR count). The quantitative estimate of drug-likeness (QED) is 0.300. The molecule has 180 valence electrons. The van der Waals surface area contributed by atoms with E-state index < -0.39 is 5.97 Å². The number of benzene rings is 1. The molecule has 3 heterocycles. The molecule has 0 bridgehead atoms. The van der Waals surface area contributed by atoms with Gasteiger partial charge in [0, 0.05) is 35.4 Å². The Morgan fingerprint density at radius 3 is 2.94 bits per heavy atom. The lowest BCUT2D eigenvalue weighted by molar-refractivity contribution is -0.146. The number of hydrogen-bond acceptors (Lipinski definition) is 6. The second-order valence-corrected chi connectivity index (χ2v) is 10.1. The van der Waals surface area contributed by atoms with E-state index in [0.29, 0.717) is 6.54 Å². The van der Waals surface area contributed by atoms with Crippen LogP contribution in [0.2, 0.25) is 0 Å². The zero-order chi connectivity index (χ0) is 23.8. The number of carboxylic acid groups (broad SMARTS) is 1. The van der Waals surface area contributed by atoms with E-state index in [1.54, 1.807) is 13.3 Å². The van der Waals surface area contributed by atoms with Crippen LogP contribution in [0.5, 0.6) is 5.75 Å². The number of methoxy groups -OCH3 is 1. The first-order chi connectivity index (χ1) is 16.6. The molecule has 2 aromatic heterocycles. The Hall–Kier alpha value is -2.64. The molecule has 1 N–H and O–H groups in total. The second-order valence-electron chi connectivity index (χ2n) is 8.93. The number of aliphatic carboxylic acids is 1. The molecule has 3 aromatic rings. The van der Waals surface area contributed by atoms with Crippen LogP contribution in [0.1, 0.15) is 31.2 Å². The van der Waals surface area contributed by atoms with Gasteiger partial charge in [0.25, 0.3) is 0 Å². The van der Waals surface area contributed by atoms with E-state index in [1.165, 1.54) is 10.5 Å². The van der Waals surface area contributed by atoms with Gasteiger partial charge in [-0.2, -0.15) is 0 Å². The molecule has 0 radical (unpaired) electrons. The monoisotopic (exact) mass is 479 g/mol. The number of likely N-dealkylation sites (tertiary alicyclic amines) is 1. The zero-order valence-electron chi connectivity index (χ0n) is 19.7. The topological polar surface area (TPSA) is 75.5 Å². The number of nitrogens with zero attached hydrogens (tertiary/aromatic N) is 3. The summed E-state index contributed by atoms with van der Waals surface area (Å²) in [6.07, 6.45) is 10.4. The van der Waals surface area contributed by atoms with Crippen molar-refractivity contribution in [2.24, 2.45) is 11.8 Å². The zero-order valence-corrected chi connectivity index (χ0v) is 20.5. The second kappa shape index (κ2) is 12.2. The Bertz CT molecular complexity index is 1080. The third-order valence-electron chi connectivity index (χ3n) is 6.74. The molecule has 0 spiro atoms. The highest BCUT2D eigenvalue weighted by molar-refractivity contribution is 7.99. The summed E-state index contributed by atoms with van der Waals surface area (Å²) in [5, 5.41) is 11.0. The first-order valence-electron chi connectivity index (χ1n) is 12.0. The number of carboxylic acids is 1. The van der Waals surface area contributed by atoms with Gasteiger partial charge in [-0.1, -0.05) is 0 Å². The number of ether oxygens (including phenoxy) is 1. The van der Waals surface area contributed by atoms with Gasteiger partial charge in [0.15, 0.2) is 0 Å². The van der Waals surface area contributed by atoms with Crippen molar-refractivity contribution in [2.45, 2.75) is 37.0 Å². The fraction of sp³-hybridized carbons (Fsp3) is 0.444. The smallest absolute Gasteiger partial charge is 0.308 e. The molecule has 34 heavy (non-hydrogen) atoms. The molecular weight excluding hydrogens is 446 g/mol. The number of piperidine rings is 1. The molecule has 0 amide bonds. The minimum atomic E-state index is -0.654. The van der Waals surface area contributed by atoms with Gasteiger partial charge >= 0.3 is 5.97 Å². The number of aromatic nitrogens is 2. The molecule has 1 aliphatic rings. The van der Waals surface area contributed by atoms with Crippen molar-refractivity contribution in [1.82, 2.24) is 14.9 Å². The molecule has 1 aromatic carbocycles. The number of thioether (sulfide) groups is 1. The molecular formula is C27H33N3O3S. The van der Waals surface area contributed by atoms with Crippen molar-refractivity contribution in [3.8, 4) is 5.75 Å². The number of pyridine rings is 2. The number of aryl methyl sites for hydroxylation is 1. The van der Waals surface area contributed by atoms with Crippen LogP contribution in [0.25, 0.3) is 10.9 Å². The predicted octanol–water partition coefficient (Wildman–Crippen LogP) is 5.17. The van der Waals surface area contributed by atoms with E-state index in [4.69, 9.17) is 4.74 Å². The molecule has 7 heteroatoms. The number of hydrogen-bond donors (Lipinski definition) is 1. The van der Waals surface area contributed by atoms with Crippen LogP contribution in [0.3, 0.4) is 0 Å². The van der Waals surface area contributed by atoms with Crippen LogP contribution in [0.15, 0.2) is 59.9 Å².